The second-order valence-corrected chi connectivity index (χ2v) is 9.54. The highest BCUT2D eigenvalue weighted by molar-refractivity contribution is 7.10. The van der Waals surface area contributed by atoms with Crippen molar-refractivity contribution in [2.75, 3.05) is 13.6 Å². The van der Waals surface area contributed by atoms with Crippen molar-refractivity contribution >= 4 is 23.4 Å². The molecular weight excluding hydrogens is 447 g/mol. The molecule has 0 aliphatic rings. The van der Waals surface area contributed by atoms with Gasteiger partial charge in [-0.2, -0.15) is 13.2 Å². The predicted octanol–water partition coefficient (Wildman–Crippen LogP) is 6.26. The van der Waals surface area contributed by atoms with E-state index in [9.17, 15) is 13.2 Å². The third kappa shape index (κ3) is 5.58. The van der Waals surface area contributed by atoms with Crippen molar-refractivity contribution in [2.45, 2.75) is 52.6 Å². The number of rotatable bonds is 7. The Balaban J connectivity index is 1.78. The number of aromatic nitrogens is 3. The van der Waals surface area contributed by atoms with E-state index in [1.165, 1.54) is 23.7 Å². The molecule has 0 spiro atoms. The van der Waals surface area contributed by atoms with Crippen molar-refractivity contribution in [1.29, 1.82) is 0 Å². The average molecular weight is 476 g/mol. The zero-order valence-electron chi connectivity index (χ0n) is 19.7. The van der Waals surface area contributed by atoms with Gasteiger partial charge in [-0.25, -0.2) is 9.98 Å². The van der Waals surface area contributed by atoms with Crippen LogP contribution in [-0.4, -0.2) is 46.0 Å². The Kier molecular flexibility index (Phi) is 7.21. The maximum Gasteiger partial charge on any atom is 0.399 e. The second kappa shape index (κ2) is 9.59. The number of halogens is 3. The lowest BCUT2D eigenvalue weighted by Gasteiger charge is -2.26. The summed E-state index contributed by atoms with van der Waals surface area (Å²) in [4.78, 5) is 19.4. The van der Waals surface area contributed by atoms with E-state index in [-0.39, 0.29) is 5.69 Å². The van der Waals surface area contributed by atoms with Gasteiger partial charge in [0.05, 0.1) is 35.1 Å². The van der Waals surface area contributed by atoms with Gasteiger partial charge in [0.15, 0.2) is 0 Å². The molecule has 3 rings (SSSR count). The fourth-order valence-corrected chi connectivity index (χ4v) is 3.84. The van der Waals surface area contributed by atoms with E-state index in [0.717, 1.165) is 47.8 Å². The summed E-state index contributed by atoms with van der Waals surface area (Å²) in [5, 5.41) is 2.76. The van der Waals surface area contributed by atoms with Gasteiger partial charge in [-0.05, 0) is 57.4 Å². The van der Waals surface area contributed by atoms with Crippen LogP contribution >= 0.6 is 11.3 Å². The lowest BCUT2D eigenvalue weighted by molar-refractivity contribution is -0.181. The lowest BCUT2D eigenvalue weighted by atomic mass is 9.89. The van der Waals surface area contributed by atoms with Gasteiger partial charge in [0.1, 0.15) is 16.8 Å². The largest absolute Gasteiger partial charge is 0.399 e. The molecule has 2 heterocycles. The standard InChI is InChI=1S/C24H28F3N5S/c1-7-32(6)14-30-18-9-15(2)17(8-16(18)3)10-22-31-20(13-33-22)19-11-29-21(12-28-19)23(4,5)24(25,26)27/h8-9,11-14H,7,10H2,1-6H3/b30-14+. The molecule has 0 aliphatic carbocycles. The number of aryl methyl sites for hydroxylation is 2. The van der Waals surface area contributed by atoms with Gasteiger partial charge < -0.3 is 4.90 Å². The van der Waals surface area contributed by atoms with Crippen LogP contribution in [0.4, 0.5) is 18.9 Å². The third-order valence-electron chi connectivity index (χ3n) is 5.70. The lowest BCUT2D eigenvalue weighted by Crippen LogP contribution is -2.37. The summed E-state index contributed by atoms with van der Waals surface area (Å²) in [6, 6.07) is 4.20. The predicted molar refractivity (Wildman–Crippen MR) is 127 cm³/mol. The molecule has 0 atom stereocenters. The van der Waals surface area contributed by atoms with Crippen molar-refractivity contribution in [3.8, 4) is 11.4 Å². The van der Waals surface area contributed by atoms with Gasteiger partial charge in [-0.15, -0.1) is 11.3 Å². The second-order valence-electron chi connectivity index (χ2n) is 8.60. The van der Waals surface area contributed by atoms with E-state index in [2.05, 4.69) is 45.9 Å². The molecule has 1 aromatic carbocycles. The first-order valence-corrected chi connectivity index (χ1v) is 11.5. The molecule has 0 amide bonds. The minimum atomic E-state index is -4.40. The van der Waals surface area contributed by atoms with Crippen LogP contribution in [0.25, 0.3) is 11.4 Å². The van der Waals surface area contributed by atoms with Crippen molar-refractivity contribution in [1.82, 2.24) is 19.9 Å². The number of hydrogen-bond acceptors (Lipinski definition) is 5. The van der Waals surface area contributed by atoms with Crippen LogP contribution in [0.1, 0.15) is 48.2 Å². The van der Waals surface area contributed by atoms with Crippen LogP contribution in [0.2, 0.25) is 0 Å². The molecule has 0 N–H and O–H groups in total. The number of nitrogens with zero attached hydrogens (tertiary/aromatic N) is 5. The van der Waals surface area contributed by atoms with Crippen LogP contribution in [0.5, 0.6) is 0 Å². The number of benzene rings is 1. The maximum absolute atomic E-state index is 13.2. The Bertz CT molecular complexity index is 1130. The highest BCUT2D eigenvalue weighted by Gasteiger charge is 2.49. The molecule has 0 radical (unpaired) electrons. The van der Waals surface area contributed by atoms with Crippen molar-refractivity contribution < 1.29 is 13.2 Å². The first-order chi connectivity index (χ1) is 15.4. The maximum atomic E-state index is 13.2. The Morgan fingerprint density at radius 2 is 1.79 bits per heavy atom. The Labute approximate surface area is 196 Å². The van der Waals surface area contributed by atoms with Crippen LogP contribution < -0.4 is 0 Å². The summed E-state index contributed by atoms with van der Waals surface area (Å²) in [6.07, 6.45) is 0.626. The van der Waals surface area contributed by atoms with Gasteiger partial charge in [0.25, 0.3) is 0 Å². The zero-order chi connectivity index (χ0) is 24.4. The summed E-state index contributed by atoms with van der Waals surface area (Å²) in [7, 11) is 1.98. The van der Waals surface area contributed by atoms with Crippen LogP contribution in [0.3, 0.4) is 0 Å². The first-order valence-electron chi connectivity index (χ1n) is 10.6. The van der Waals surface area contributed by atoms with Crippen LogP contribution in [0, 0.1) is 13.8 Å². The summed E-state index contributed by atoms with van der Waals surface area (Å²) in [5.41, 5.74) is 3.19. The molecule has 9 heteroatoms. The number of hydrogen-bond donors (Lipinski definition) is 0. The molecule has 176 valence electrons. The number of aliphatic imine (C=N–C) groups is 1. The van der Waals surface area contributed by atoms with Gasteiger partial charge in [-0.3, -0.25) is 9.97 Å². The van der Waals surface area contributed by atoms with E-state index in [1.54, 1.807) is 0 Å². The monoisotopic (exact) mass is 475 g/mol. The number of alkyl halides is 3. The highest BCUT2D eigenvalue weighted by Crippen LogP contribution is 2.39. The zero-order valence-corrected chi connectivity index (χ0v) is 20.5. The smallest absolute Gasteiger partial charge is 0.366 e. The van der Waals surface area contributed by atoms with Gasteiger partial charge in [0, 0.05) is 25.4 Å². The van der Waals surface area contributed by atoms with E-state index < -0.39 is 11.6 Å². The van der Waals surface area contributed by atoms with Gasteiger partial charge in [-0.1, -0.05) is 6.07 Å². The molecule has 5 nitrogen and oxygen atoms in total. The molecule has 0 saturated carbocycles. The summed E-state index contributed by atoms with van der Waals surface area (Å²) in [5.74, 6) is 0. The van der Waals surface area contributed by atoms with E-state index in [4.69, 9.17) is 0 Å². The van der Waals surface area contributed by atoms with Crippen LogP contribution in [0.15, 0.2) is 34.9 Å². The fraction of sp³-hybridized carbons (Fsp3) is 0.417. The molecule has 2 aromatic heterocycles. The fourth-order valence-electron chi connectivity index (χ4n) is 3.03. The van der Waals surface area contributed by atoms with E-state index in [1.807, 2.05) is 30.6 Å². The summed E-state index contributed by atoms with van der Waals surface area (Å²) >= 11 is 1.49. The quantitative estimate of drug-likeness (QED) is 0.299. The Hall–Kier alpha value is -2.81. The SMILES string of the molecule is CCN(C)/C=N/c1cc(C)c(Cc2nc(-c3cnc(C(C)(C)C(F)(F)F)cn3)cs2)cc1C. The van der Waals surface area contributed by atoms with Crippen LogP contribution in [-0.2, 0) is 11.8 Å². The summed E-state index contributed by atoms with van der Waals surface area (Å²) in [6.45, 7) is 9.24. The molecular formula is C24H28F3N5S. The molecule has 33 heavy (non-hydrogen) atoms. The van der Waals surface area contributed by atoms with E-state index in [0.29, 0.717) is 17.8 Å². The highest BCUT2D eigenvalue weighted by atomic mass is 32.1. The molecule has 0 aliphatic heterocycles. The minimum Gasteiger partial charge on any atom is -0.366 e. The van der Waals surface area contributed by atoms with Gasteiger partial charge >= 0.3 is 6.18 Å². The molecule has 0 unspecified atom stereocenters. The Morgan fingerprint density at radius 3 is 2.39 bits per heavy atom. The van der Waals surface area contributed by atoms with Crippen molar-refractivity contribution in [3.63, 3.8) is 0 Å². The normalized spacial score (nSPS) is 12.5. The Morgan fingerprint density at radius 1 is 1.06 bits per heavy atom. The minimum absolute atomic E-state index is 0.117. The molecule has 0 fully saturated rings. The number of thiazole rings is 1. The summed E-state index contributed by atoms with van der Waals surface area (Å²) < 4.78 is 39.7. The average Bonchev–Trinajstić information content (AvgIpc) is 3.22. The van der Waals surface area contributed by atoms with Crippen molar-refractivity contribution in [3.05, 3.63) is 57.3 Å². The van der Waals surface area contributed by atoms with E-state index >= 15 is 0 Å². The molecule has 0 bridgehead atoms. The molecule has 0 saturated heterocycles. The third-order valence-corrected chi connectivity index (χ3v) is 6.55. The molecule has 3 aromatic rings. The first kappa shape index (κ1) is 24.8. The van der Waals surface area contributed by atoms with Crippen molar-refractivity contribution in [2.24, 2.45) is 4.99 Å². The van der Waals surface area contributed by atoms with Gasteiger partial charge in [0.2, 0.25) is 0 Å². The topological polar surface area (TPSA) is 54.3 Å².